The Hall–Kier alpha value is -5.49. The second-order valence-electron chi connectivity index (χ2n) is 11.0. The lowest BCUT2D eigenvalue weighted by atomic mass is 9.82. The molecule has 2 aromatic carbocycles. The van der Waals surface area contributed by atoms with Crippen LogP contribution in [0.5, 0.6) is 5.75 Å². The molecule has 44 heavy (non-hydrogen) atoms. The molecule has 0 radical (unpaired) electrons. The average molecular weight is 596 g/mol. The third-order valence-electron chi connectivity index (χ3n) is 7.68. The zero-order valence-electron chi connectivity index (χ0n) is 23.8. The molecule has 1 aliphatic heterocycles. The zero-order chi connectivity index (χ0) is 31.1. The summed E-state index contributed by atoms with van der Waals surface area (Å²) >= 11 is 0. The molecular weight excluding hydrogens is 565 g/mol. The molecule has 5 N–H and O–H groups in total. The van der Waals surface area contributed by atoms with E-state index in [0.717, 1.165) is 0 Å². The maximum atomic E-state index is 13.7. The number of halogens is 1. The molecule has 0 spiro atoms. The molecule has 3 aromatic heterocycles. The summed E-state index contributed by atoms with van der Waals surface area (Å²) in [5, 5.41) is 26.2. The van der Waals surface area contributed by atoms with Crippen LogP contribution in [0.25, 0.3) is 22.2 Å². The molecule has 0 unspecified atom stereocenters. The van der Waals surface area contributed by atoms with Gasteiger partial charge in [-0.3, -0.25) is 14.6 Å². The average Bonchev–Trinajstić information content (AvgIpc) is 3.38. The summed E-state index contributed by atoms with van der Waals surface area (Å²) < 4.78 is 19.6. The molecule has 0 bridgehead atoms. The van der Waals surface area contributed by atoms with Gasteiger partial charge in [0.1, 0.15) is 34.9 Å². The van der Waals surface area contributed by atoms with Gasteiger partial charge in [0, 0.05) is 35.9 Å². The summed E-state index contributed by atoms with van der Waals surface area (Å²) in [4.78, 5) is 35.0. The number of carbonyl (C=O) groups is 2. The van der Waals surface area contributed by atoms with Gasteiger partial charge in [-0.15, -0.1) is 5.10 Å². The smallest absolute Gasteiger partial charge is 0.251 e. The largest absolute Gasteiger partial charge is 0.489 e. The van der Waals surface area contributed by atoms with Crippen LogP contribution >= 0.6 is 0 Å². The zero-order valence-corrected chi connectivity index (χ0v) is 23.8. The third-order valence-corrected chi connectivity index (χ3v) is 7.68. The fourth-order valence-electron chi connectivity index (χ4n) is 5.04. The van der Waals surface area contributed by atoms with Crippen LogP contribution in [0.2, 0.25) is 0 Å². The van der Waals surface area contributed by atoms with Crippen LogP contribution in [0.15, 0.2) is 79.1 Å². The number of nitrogens with two attached hydrogens (primary N) is 1. The van der Waals surface area contributed by atoms with Gasteiger partial charge in [-0.2, -0.15) is 5.10 Å². The number of nitrogens with one attached hydrogen (secondary N) is 2. The van der Waals surface area contributed by atoms with Crippen molar-refractivity contribution in [3.63, 3.8) is 0 Å². The number of anilines is 2. The fourth-order valence-corrected chi connectivity index (χ4v) is 5.04. The molecule has 5 aromatic rings. The van der Waals surface area contributed by atoms with E-state index in [0.29, 0.717) is 50.5 Å². The number of rotatable bonds is 8. The van der Waals surface area contributed by atoms with Crippen LogP contribution in [-0.4, -0.2) is 50.2 Å². The monoisotopic (exact) mass is 595 g/mol. The highest BCUT2D eigenvalue weighted by Gasteiger charge is 2.45. The minimum Gasteiger partial charge on any atom is -0.489 e. The number of nitrogens with zero attached hydrogens (tertiary/aromatic N) is 4. The number of amides is 2. The Bertz CT molecular complexity index is 1910. The van der Waals surface area contributed by atoms with Crippen molar-refractivity contribution in [3.8, 4) is 17.0 Å². The SMILES string of the molecule is C[C@](O)(CNC(=O)c1cc(Nc2cccnn2)c2ncccc2c1)c1cc2c(c(-c3ccc(F)cc3)n1)OC[C@]2(C)C(N)=O.[HH]. The van der Waals surface area contributed by atoms with E-state index in [1.165, 1.54) is 31.2 Å². The van der Waals surface area contributed by atoms with Crippen molar-refractivity contribution in [2.24, 2.45) is 5.73 Å². The Morgan fingerprint density at radius 1 is 1.14 bits per heavy atom. The van der Waals surface area contributed by atoms with Crippen LogP contribution < -0.4 is 21.1 Å². The van der Waals surface area contributed by atoms with Gasteiger partial charge in [-0.05, 0) is 74.5 Å². The number of pyridine rings is 2. The highest BCUT2D eigenvalue weighted by molar-refractivity contribution is 6.02. The van der Waals surface area contributed by atoms with Crippen LogP contribution in [-0.2, 0) is 15.8 Å². The molecule has 0 saturated carbocycles. The van der Waals surface area contributed by atoms with Gasteiger partial charge in [0.05, 0.1) is 23.4 Å². The van der Waals surface area contributed by atoms with Crippen molar-refractivity contribution in [1.29, 1.82) is 0 Å². The van der Waals surface area contributed by atoms with E-state index < -0.39 is 28.6 Å². The van der Waals surface area contributed by atoms with Gasteiger partial charge in [-0.1, -0.05) is 6.07 Å². The number of fused-ring (bicyclic) bond motifs is 2. The van der Waals surface area contributed by atoms with E-state index in [9.17, 15) is 19.1 Å². The first kappa shape index (κ1) is 28.6. The number of aliphatic hydroxyl groups is 1. The summed E-state index contributed by atoms with van der Waals surface area (Å²) in [6, 6.07) is 17.6. The van der Waals surface area contributed by atoms with Crippen molar-refractivity contribution in [2.75, 3.05) is 18.5 Å². The maximum absolute atomic E-state index is 13.7. The van der Waals surface area contributed by atoms with Crippen molar-refractivity contribution in [1.82, 2.24) is 25.5 Å². The molecular formula is C32H30FN7O4. The lowest BCUT2D eigenvalue weighted by molar-refractivity contribution is -0.123. The molecule has 11 nitrogen and oxygen atoms in total. The molecule has 224 valence electrons. The van der Waals surface area contributed by atoms with Gasteiger partial charge in [0.25, 0.3) is 5.91 Å². The predicted octanol–water partition coefficient (Wildman–Crippen LogP) is 3.99. The Morgan fingerprint density at radius 3 is 2.64 bits per heavy atom. The van der Waals surface area contributed by atoms with Crippen molar-refractivity contribution < 1.29 is 25.2 Å². The van der Waals surface area contributed by atoms with E-state index in [-0.39, 0.29) is 20.3 Å². The number of carbonyl (C=O) groups excluding carboxylic acids is 2. The van der Waals surface area contributed by atoms with E-state index in [4.69, 9.17) is 10.5 Å². The lowest BCUT2D eigenvalue weighted by Crippen LogP contribution is -2.41. The Kier molecular flexibility index (Phi) is 7.14. The van der Waals surface area contributed by atoms with Crippen LogP contribution in [0.4, 0.5) is 15.9 Å². The first-order chi connectivity index (χ1) is 21.0. The van der Waals surface area contributed by atoms with Crippen molar-refractivity contribution >= 4 is 34.2 Å². The van der Waals surface area contributed by atoms with Crippen molar-refractivity contribution in [3.05, 3.63) is 102 Å². The third kappa shape index (κ3) is 5.26. The summed E-state index contributed by atoms with van der Waals surface area (Å²) in [5.41, 5.74) is 5.82. The number of ether oxygens (including phenoxy) is 1. The Labute approximate surface area is 252 Å². The molecule has 0 saturated heterocycles. The predicted molar refractivity (Wildman–Crippen MR) is 163 cm³/mol. The van der Waals surface area contributed by atoms with Crippen molar-refractivity contribution in [2.45, 2.75) is 24.9 Å². The number of hydrogen-bond acceptors (Lipinski definition) is 9. The van der Waals surface area contributed by atoms with E-state index in [1.807, 2.05) is 6.07 Å². The number of primary amides is 1. The highest BCUT2D eigenvalue weighted by Crippen LogP contribution is 2.45. The molecule has 12 heteroatoms. The minimum absolute atomic E-state index is 0. The minimum atomic E-state index is -1.69. The maximum Gasteiger partial charge on any atom is 0.251 e. The molecule has 1 aliphatic rings. The topological polar surface area (TPSA) is 165 Å². The highest BCUT2D eigenvalue weighted by atomic mass is 19.1. The number of hydrogen-bond donors (Lipinski definition) is 4. The van der Waals surface area contributed by atoms with Crippen LogP contribution in [0.1, 0.15) is 36.9 Å². The van der Waals surface area contributed by atoms with Gasteiger partial charge in [-0.25, -0.2) is 9.37 Å². The fraction of sp³-hybridized carbons (Fsp3) is 0.188. The molecule has 0 aliphatic carbocycles. The van der Waals surface area contributed by atoms with E-state index in [2.05, 4.69) is 30.8 Å². The van der Waals surface area contributed by atoms with Crippen LogP contribution in [0.3, 0.4) is 0 Å². The first-order valence-corrected chi connectivity index (χ1v) is 13.7. The quantitative estimate of drug-likeness (QED) is 0.208. The summed E-state index contributed by atoms with van der Waals surface area (Å²) in [6.45, 7) is 2.90. The molecule has 4 heterocycles. The normalized spacial score (nSPS) is 16.9. The van der Waals surface area contributed by atoms with Gasteiger partial charge in [0.2, 0.25) is 5.91 Å². The summed E-state index contributed by atoms with van der Waals surface area (Å²) in [7, 11) is 0. The molecule has 6 rings (SSSR count). The summed E-state index contributed by atoms with van der Waals surface area (Å²) in [6.07, 6.45) is 3.20. The lowest BCUT2D eigenvalue weighted by Gasteiger charge is -2.26. The van der Waals surface area contributed by atoms with E-state index in [1.54, 1.807) is 55.7 Å². The van der Waals surface area contributed by atoms with Crippen LogP contribution in [0, 0.1) is 5.82 Å². The van der Waals surface area contributed by atoms with E-state index >= 15 is 0 Å². The molecule has 0 fully saturated rings. The molecule has 2 atom stereocenters. The second-order valence-corrected chi connectivity index (χ2v) is 11.0. The Balaban J connectivity index is 0.00000400. The van der Waals surface area contributed by atoms with Gasteiger partial charge < -0.3 is 26.2 Å². The van der Waals surface area contributed by atoms with Gasteiger partial charge in [0.15, 0.2) is 5.82 Å². The van der Waals surface area contributed by atoms with Gasteiger partial charge >= 0.3 is 0 Å². The number of aromatic nitrogens is 4. The molecule has 2 amide bonds. The second kappa shape index (κ2) is 11.0. The summed E-state index contributed by atoms with van der Waals surface area (Å²) in [5.74, 6) is -0.689. The number of benzene rings is 2. The standard InChI is InChI=1S/C32H28FN7O4.H2/c1-31(30(34)42)17-44-28-22(31)15-24(39-27(28)18-7-9-21(33)10-8-18)32(2,43)16-36-29(41)20-13-19-5-3-11-35-26(19)23(14-20)38-25-6-4-12-37-40-25;/h3-15,43H,16-17H2,1-2H3,(H2,34,42)(H,36,41)(H,38,40);1H/t31-,32-;/m0./s1. The first-order valence-electron chi connectivity index (χ1n) is 13.7. The Morgan fingerprint density at radius 2 is 1.91 bits per heavy atom.